The van der Waals surface area contributed by atoms with Crippen molar-refractivity contribution in [3.8, 4) is 11.5 Å². The van der Waals surface area contributed by atoms with Gasteiger partial charge in [0, 0.05) is 17.7 Å². The molecule has 3 aromatic carbocycles. The molecule has 0 aromatic heterocycles. The Bertz CT molecular complexity index is 1320. The van der Waals surface area contributed by atoms with E-state index in [1.54, 1.807) is 24.3 Å². The Kier molecular flexibility index (Phi) is 8.27. The van der Waals surface area contributed by atoms with Gasteiger partial charge in [-0.15, -0.1) is 0 Å². The van der Waals surface area contributed by atoms with Crippen LogP contribution in [0.4, 0.5) is 5.69 Å². The van der Waals surface area contributed by atoms with Gasteiger partial charge in [-0.1, -0.05) is 41.4 Å². The molecule has 1 heterocycles. The summed E-state index contributed by atoms with van der Waals surface area (Å²) in [5.41, 5.74) is 3.13. The number of ether oxygens (including phenoxy) is 2. The van der Waals surface area contributed by atoms with Crippen molar-refractivity contribution < 1.29 is 28.7 Å². The maximum atomic E-state index is 12.4. The largest absolute Gasteiger partial charge is 0.457 e. The fraction of sp³-hybridized carbons (Fsp3) is 0.154. The molecule has 3 amide bonds. The lowest BCUT2D eigenvalue weighted by Crippen LogP contribution is -2.43. The molecule has 0 aliphatic carbocycles. The smallest absolute Gasteiger partial charge is 0.311 e. The number of benzene rings is 3. The molecule has 0 saturated carbocycles. The van der Waals surface area contributed by atoms with E-state index in [9.17, 15) is 19.2 Å². The number of carbonyl (C=O) groups is 4. The second kappa shape index (κ2) is 11.8. The van der Waals surface area contributed by atoms with Gasteiger partial charge in [-0.2, -0.15) is 0 Å². The first-order valence-corrected chi connectivity index (χ1v) is 11.9. The van der Waals surface area contributed by atoms with Crippen molar-refractivity contribution in [2.75, 3.05) is 18.5 Å². The number of hydrazine groups is 1. The van der Waals surface area contributed by atoms with Gasteiger partial charge >= 0.3 is 5.97 Å². The molecule has 190 valence electrons. The van der Waals surface area contributed by atoms with E-state index in [1.807, 2.05) is 30.3 Å². The van der Waals surface area contributed by atoms with E-state index in [1.165, 1.54) is 18.2 Å². The first-order chi connectivity index (χ1) is 17.8. The predicted octanol–water partition coefficient (Wildman–Crippen LogP) is 4.46. The number of rotatable bonds is 8. The quantitative estimate of drug-likeness (QED) is 0.407. The number of para-hydroxylation sites is 1. The van der Waals surface area contributed by atoms with E-state index in [2.05, 4.69) is 10.7 Å². The maximum Gasteiger partial charge on any atom is 0.311 e. The van der Waals surface area contributed by atoms with Gasteiger partial charge in [-0.3, -0.25) is 29.6 Å². The van der Waals surface area contributed by atoms with Gasteiger partial charge in [0.15, 0.2) is 6.61 Å². The molecular weight excluding hydrogens is 521 g/mol. The zero-order valence-electron chi connectivity index (χ0n) is 19.3. The van der Waals surface area contributed by atoms with Crippen LogP contribution in [0.25, 0.3) is 0 Å². The summed E-state index contributed by atoms with van der Waals surface area (Å²) in [6.45, 7) is -0.614. The fourth-order valence-electron chi connectivity index (χ4n) is 3.48. The molecule has 0 radical (unpaired) electrons. The van der Waals surface area contributed by atoms with Gasteiger partial charge in [0.1, 0.15) is 11.5 Å². The van der Waals surface area contributed by atoms with Gasteiger partial charge in [0.2, 0.25) is 5.91 Å². The first-order valence-electron chi connectivity index (χ1n) is 11.1. The summed E-state index contributed by atoms with van der Waals surface area (Å²) >= 11 is 11.8. The predicted molar refractivity (Wildman–Crippen MR) is 136 cm³/mol. The molecule has 3 aromatic rings. The van der Waals surface area contributed by atoms with Gasteiger partial charge in [-0.05, 0) is 54.6 Å². The lowest BCUT2D eigenvalue weighted by molar-refractivity contribution is -0.151. The summed E-state index contributed by atoms with van der Waals surface area (Å²) in [6.07, 6.45) is -0.162. The van der Waals surface area contributed by atoms with Crippen LogP contribution in [0, 0.1) is 5.92 Å². The molecule has 1 aliphatic rings. The summed E-state index contributed by atoms with van der Waals surface area (Å²) in [6, 6.07) is 20.2. The maximum absolute atomic E-state index is 12.4. The van der Waals surface area contributed by atoms with Crippen molar-refractivity contribution >= 4 is 52.6 Å². The minimum absolute atomic E-state index is 0.0881. The molecule has 0 bridgehead atoms. The molecule has 0 spiro atoms. The Morgan fingerprint density at radius 3 is 2.32 bits per heavy atom. The normalized spacial score (nSPS) is 14.7. The number of nitrogens with one attached hydrogen (secondary N) is 2. The number of halogens is 2. The third-order valence-electron chi connectivity index (χ3n) is 5.34. The molecule has 1 fully saturated rings. The molecule has 4 rings (SSSR count). The highest BCUT2D eigenvalue weighted by Gasteiger charge is 2.36. The lowest BCUT2D eigenvalue weighted by Gasteiger charge is -2.17. The monoisotopic (exact) mass is 541 g/mol. The number of esters is 1. The average molecular weight is 542 g/mol. The van der Waals surface area contributed by atoms with E-state index in [4.69, 9.17) is 32.7 Å². The van der Waals surface area contributed by atoms with E-state index < -0.39 is 36.2 Å². The number of hydrogen-bond donors (Lipinski definition) is 2. The third-order valence-corrected chi connectivity index (χ3v) is 6.08. The van der Waals surface area contributed by atoms with Crippen LogP contribution in [0.1, 0.15) is 16.8 Å². The molecule has 2 N–H and O–H groups in total. The van der Waals surface area contributed by atoms with Crippen LogP contribution < -0.4 is 15.5 Å². The van der Waals surface area contributed by atoms with E-state index in [0.29, 0.717) is 17.2 Å². The Morgan fingerprint density at radius 2 is 1.62 bits per heavy atom. The number of nitrogens with zero attached hydrogens (tertiary/aromatic N) is 1. The highest BCUT2D eigenvalue weighted by molar-refractivity contribution is 6.42. The first kappa shape index (κ1) is 26.0. The second-order valence-electron chi connectivity index (χ2n) is 8.07. The van der Waals surface area contributed by atoms with Crippen LogP contribution in [-0.2, 0) is 19.1 Å². The van der Waals surface area contributed by atoms with Crippen molar-refractivity contribution in [2.45, 2.75) is 6.42 Å². The number of amides is 3. The Labute approximate surface area is 222 Å². The summed E-state index contributed by atoms with van der Waals surface area (Å²) in [7, 11) is 0. The molecular formula is C26H21Cl2N3O6. The molecule has 9 nitrogen and oxygen atoms in total. The SMILES string of the molecule is O=C(COC(=O)[C@H]1CC(=O)N(NC(=O)c2ccc(Cl)c(Cl)c2)C1)Nc1ccc(Oc2ccccc2)cc1. The average Bonchev–Trinajstić information content (AvgIpc) is 3.26. The Morgan fingerprint density at radius 1 is 0.919 bits per heavy atom. The third kappa shape index (κ3) is 6.99. The van der Waals surface area contributed by atoms with E-state index in [-0.39, 0.29) is 28.6 Å². The van der Waals surface area contributed by atoms with Crippen molar-refractivity contribution in [1.29, 1.82) is 0 Å². The molecule has 11 heteroatoms. The molecule has 0 unspecified atom stereocenters. The lowest BCUT2D eigenvalue weighted by atomic mass is 10.1. The van der Waals surface area contributed by atoms with Gasteiger partial charge < -0.3 is 14.8 Å². The van der Waals surface area contributed by atoms with Crippen LogP contribution in [0.2, 0.25) is 10.0 Å². The van der Waals surface area contributed by atoms with Crippen LogP contribution in [0.15, 0.2) is 72.8 Å². The van der Waals surface area contributed by atoms with Crippen LogP contribution in [0.3, 0.4) is 0 Å². The van der Waals surface area contributed by atoms with E-state index >= 15 is 0 Å². The Hall–Kier alpha value is -4.08. The topological polar surface area (TPSA) is 114 Å². The number of hydrogen-bond acceptors (Lipinski definition) is 6. The van der Waals surface area contributed by atoms with Crippen molar-refractivity contribution in [1.82, 2.24) is 10.4 Å². The molecule has 1 aliphatic heterocycles. The summed E-state index contributed by atoms with van der Waals surface area (Å²) in [4.78, 5) is 49.3. The van der Waals surface area contributed by atoms with Crippen molar-refractivity contribution in [3.05, 3.63) is 88.4 Å². The van der Waals surface area contributed by atoms with Crippen molar-refractivity contribution in [3.63, 3.8) is 0 Å². The number of anilines is 1. The Balaban J connectivity index is 1.22. The van der Waals surface area contributed by atoms with Gasteiger partial charge in [0.05, 0.1) is 22.5 Å². The highest BCUT2D eigenvalue weighted by atomic mass is 35.5. The van der Waals surface area contributed by atoms with Gasteiger partial charge in [0.25, 0.3) is 11.8 Å². The fourth-order valence-corrected chi connectivity index (χ4v) is 3.78. The summed E-state index contributed by atoms with van der Waals surface area (Å²) in [5.74, 6) is -1.86. The number of carbonyl (C=O) groups excluding carboxylic acids is 4. The molecule has 1 atom stereocenters. The molecule has 37 heavy (non-hydrogen) atoms. The highest BCUT2D eigenvalue weighted by Crippen LogP contribution is 2.24. The standard InChI is InChI=1S/C26H21Cl2N3O6/c27-21-11-6-16(12-22(21)28)25(34)30-31-14-17(13-24(31)33)26(35)36-15-23(32)29-18-7-9-20(10-8-18)37-19-4-2-1-3-5-19/h1-12,17H,13-15H2,(H,29,32)(H,30,34)/t17-/m0/s1. The summed E-state index contributed by atoms with van der Waals surface area (Å²) < 4.78 is 10.8. The minimum atomic E-state index is -0.830. The zero-order chi connectivity index (χ0) is 26.4. The van der Waals surface area contributed by atoms with E-state index in [0.717, 1.165) is 5.01 Å². The van der Waals surface area contributed by atoms with Gasteiger partial charge in [-0.25, -0.2) is 0 Å². The summed E-state index contributed by atoms with van der Waals surface area (Å²) in [5, 5.41) is 4.14. The van der Waals surface area contributed by atoms with Crippen LogP contribution >= 0.6 is 23.2 Å². The molecule has 1 saturated heterocycles. The van der Waals surface area contributed by atoms with Crippen molar-refractivity contribution in [2.24, 2.45) is 5.92 Å². The van der Waals surface area contributed by atoms with Crippen LogP contribution in [0.5, 0.6) is 11.5 Å². The zero-order valence-corrected chi connectivity index (χ0v) is 20.8. The second-order valence-corrected chi connectivity index (χ2v) is 8.88. The minimum Gasteiger partial charge on any atom is -0.457 e. The van der Waals surface area contributed by atoms with Crippen LogP contribution in [-0.4, -0.2) is 41.9 Å².